The minimum Gasteiger partial charge on any atom is -0.462 e. The Hall–Kier alpha value is -1.55. The molecule has 0 amide bonds. The van der Waals surface area contributed by atoms with E-state index in [2.05, 4.69) is 42.7 Å². The second-order valence-electron chi connectivity index (χ2n) is 13.7. The molecule has 3 N–H and O–H groups in total. The average molecular weight is 747 g/mol. The van der Waals surface area contributed by atoms with Gasteiger partial charge in [0.05, 0.1) is 19.8 Å². The number of aliphatic hydroxyl groups excluding tert-OH is 2. The van der Waals surface area contributed by atoms with Crippen LogP contribution in [0.3, 0.4) is 0 Å². The molecule has 0 spiro atoms. The number of aliphatic hydroxyl groups is 2. The predicted octanol–water partition coefficient (Wildman–Crippen LogP) is 10.2. The first-order valence-corrected chi connectivity index (χ1v) is 21.8. The number of rotatable bonds is 38. The van der Waals surface area contributed by atoms with Crippen molar-refractivity contribution in [3.8, 4) is 0 Å². The van der Waals surface area contributed by atoms with E-state index in [-0.39, 0.29) is 19.4 Å². The van der Waals surface area contributed by atoms with Gasteiger partial charge in [-0.1, -0.05) is 154 Å². The van der Waals surface area contributed by atoms with Crippen molar-refractivity contribution in [1.29, 1.82) is 0 Å². The first-order chi connectivity index (χ1) is 24.7. The molecule has 0 aromatic rings. The zero-order valence-corrected chi connectivity index (χ0v) is 33.2. The molecule has 10 nitrogen and oxygen atoms in total. The molecule has 0 bridgehead atoms. The summed E-state index contributed by atoms with van der Waals surface area (Å²) in [5, 5.41) is 18.3. The molecule has 3 atom stereocenters. The zero-order valence-electron chi connectivity index (χ0n) is 32.3. The van der Waals surface area contributed by atoms with Crippen molar-refractivity contribution in [3.63, 3.8) is 0 Å². The van der Waals surface area contributed by atoms with Crippen LogP contribution in [0.4, 0.5) is 0 Å². The Labute approximate surface area is 310 Å². The van der Waals surface area contributed by atoms with Gasteiger partial charge in [0.1, 0.15) is 12.7 Å². The van der Waals surface area contributed by atoms with E-state index in [1.807, 2.05) is 0 Å². The molecule has 0 aromatic heterocycles. The molecule has 11 heteroatoms. The number of phosphoric ester groups is 1. The van der Waals surface area contributed by atoms with Crippen LogP contribution in [0.25, 0.3) is 0 Å². The normalized spacial score (nSPS) is 14.2. The molecular formula is C40H75O10P. The number of carbonyl (C=O) groups is 2. The van der Waals surface area contributed by atoms with Crippen LogP contribution in [0.2, 0.25) is 0 Å². The van der Waals surface area contributed by atoms with Crippen LogP contribution in [0, 0.1) is 0 Å². The third kappa shape index (κ3) is 36.6. The van der Waals surface area contributed by atoms with E-state index in [1.165, 1.54) is 77.0 Å². The summed E-state index contributed by atoms with van der Waals surface area (Å²) in [5.74, 6) is -0.936. The van der Waals surface area contributed by atoms with Crippen molar-refractivity contribution < 1.29 is 47.8 Å². The maximum Gasteiger partial charge on any atom is 0.472 e. The lowest BCUT2D eigenvalue weighted by Gasteiger charge is -2.20. The Balaban J connectivity index is 4.34. The van der Waals surface area contributed by atoms with Crippen LogP contribution in [0.15, 0.2) is 24.3 Å². The average Bonchev–Trinajstić information content (AvgIpc) is 3.12. The number of allylic oxidation sites excluding steroid dienone is 4. The summed E-state index contributed by atoms with van der Waals surface area (Å²) in [4.78, 5) is 34.9. The quantitative estimate of drug-likeness (QED) is 0.0241. The minimum atomic E-state index is -4.61. The fraction of sp³-hybridized carbons (Fsp3) is 0.850. The van der Waals surface area contributed by atoms with E-state index in [0.717, 1.165) is 64.2 Å². The number of hydrogen-bond acceptors (Lipinski definition) is 9. The Morgan fingerprint density at radius 1 is 0.588 bits per heavy atom. The maximum absolute atomic E-state index is 12.6. The number of unbranched alkanes of at least 4 members (excludes halogenated alkanes) is 20. The van der Waals surface area contributed by atoms with E-state index < -0.39 is 51.8 Å². The Bertz CT molecular complexity index is 910. The van der Waals surface area contributed by atoms with Gasteiger partial charge in [0.2, 0.25) is 0 Å². The molecule has 0 saturated heterocycles. The topological polar surface area (TPSA) is 149 Å². The lowest BCUT2D eigenvalue weighted by atomic mass is 10.0. The van der Waals surface area contributed by atoms with Crippen LogP contribution < -0.4 is 0 Å². The molecule has 300 valence electrons. The molecule has 0 aliphatic heterocycles. The summed E-state index contributed by atoms with van der Waals surface area (Å²) >= 11 is 0. The molecule has 1 unspecified atom stereocenters. The van der Waals surface area contributed by atoms with E-state index >= 15 is 0 Å². The number of phosphoric acid groups is 1. The van der Waals surface area contributed by atoms with Crippen molar-refractivity contribution in [1.82, 2.24) is 0 Å². The highest BCUT2D eigenvalue weighted by Crippen LogP contribution is 2.43. The fourth-order valence-electron chi connectivity index (χ4n) is 5.42. The molecule has 0 aromatic carbocycles. The second-order valence-corrected chi connectivity index (χ2v) is 15.1. The maximum atomic E-state index is 12.6. The number of esters is 2. The van der Waals surface area contributed by atoms with Gasteiger partial charge in [-0.2, -0.15) is 0 Å². The fourth-order valence-corrected chi connectivity index (χ4v) is 6.21. The van der Waals surface area contributed by atoms with Crippen LogP contribution >= 0.6 is 7.82 Å². The van der Waals surface area contributed by atoms with Crippen molar-refractivity contribution >= 4 is 19.8 Å². The number of hydrogen-bond donors (Lipinski definition) is 3. The van der Waals surface area contributed by atoms with Crippen LogP contribution in [-0.2, 0) is 32.7 Å². The zero-order chi connectivity index (χ0) is 37.7. The van der Waals surface area contributed by atoms with Crippen molar-refractivity contribution in [3.05, 3.63) is 24.3 Å². The summed E-state index contributed by atoms with van der Waals surface area (Å²) in [7, 11) is -4.61. The van der Waals surface area contributed by atoms with Crippen molar-refractivity contribution in [2.75, 3.05) is 26.4 Å². The standard InChI is InChI=1S/C40H75O10P/c1-3-5-7-9-11-13-15-17-19-21-23-25-27-29-31-39(43)47-35-38(36-49-51(45,46)48-34-37(42)33-41)50-40(44)32-30-28-26-24-22-20-18-16-14-12-10-8-6-4-2/h10,12,16,18,37-38,41-42H,3-9,11,13-15,17,19-36H2,1-2H3,(H,45,46)/b12-10+,18-16+/t37-,38+/m0/s1. The van der Waals surface area contributed by atoms with Crippen molar-refractivity contribution in [2.24, 2.45) is 0 Å². The van der Waals surface area contributed by atoms with Gasteiger partial charge < -0.3 is 24.6 Å². The van der Waals surface area contributed by atoms with E-state index in [9.17, 15) is 24.2 Å². The third-order valence-corrected chi connectivity index (χ3v) is 9.56. The highest BCUT2D eigenvalue weighted by molar-refractivity contribution is 7.47. The Kier molecular flexibility index (Phi) is 35.7. The van der Waals surface area contributed by atoms with Gasteiger partial charge in [0.25, 0.3) is 0 Å². The van der Waals surface area contributed by atoms with Gasteiger partial charge >= 0.3 is 19.8 Å². The van der Waals surface area contributed by atoms with Crippen LogP contribution in [0.1, 0.15) is 181 Å². The first-order valence-electron chi connectivity index (χ1n) is 20.3. The van der Waals surface area contributed by atoms with Gasteiger partial charge in [-0.15, -0.1) is 0 Å². The summed E-state index contributed by atoms with van der Waals surface area (Å²) < 4.78 is 32.6. The minimum absolute atomic E-state index is 0.170. The van der Waals surface area contributed by atoms with Crippen molar-refractivity contribution in [2.45, 2.75) is 193 Å². The molecule has 0 rings (SSSR count). The monoisotopic (exact) mass is 747 g/mol. The molecule has 0 aliphatic rings. The van der Waals surface area contributed by atoms with Gasteiger partial charge in [0.15, 0.2) is 6.10 Å². The Morgan fingerprint density at radius 2 is 1.04 bits per heavy atom. The van der Waals surface area contributed by atoms with Gasteiger partial charge in [0, 0.05) is 12.8 Å². The van der Waals surface area contributed by atoms with E-state index in [1.54, 1.807) is 0 Å². The summed E-state index contributed by atoms with van der Waals surface area (Å²) in [6.45, 7) is 2.32. The lowest BCUT2D eigenvalue weighted by Crippen LogP contribution is -2.29. The molecule has 0 saturated carbocycles. The SMILES string of the molecule is CCCC/C=C/C/C=C/CCCCCCCC(=O)O[C@H](COC(=O)CCCCCCCCCCCCCCCC)COP(=O)(O)OC[C@@H](O)CO. The Morgan fingerprint density at radius 3 is 1.57 bits per heavy atom. The molecule has 0 heterocycles. The van der Waals surface area contributed by atoms with E-state index in [4.69, 9.17) is 19.1 Å². The summed E-state index contributed by atoms with van der Waals surface area (Å²) in [6, 6.07) is 0. The number of ether oxygens (including phenoxy) is 2. The summed E-state index contributed by atoms with van der Waals surface area (Å²) in [6.07, 6.45) is 34.3. The third-order valence-electron chi connectivity index (χ3n) is 8.61. The van der Waals surface area contributed by atoms with Crippen LogP contribution in [-0.4, -0.2) is 65.7 Å². The number of carbonyl (C=O) groups excluding carboxylic acids is 2. The highest BCUT2D eigenvalue weighted by atomic mass is 31.2. The summed E-state index contributed by atoms with van der Waals surface area (Å²) in [5.41, 5.74) is 0. The molecule has 0 aliphatic carbocycles. The highest BCUT2D eigenvalue weighted by Gasteiger charge is 2.27. The van der Waals surface area contributed by atoms with Gasteiger partial charge in [-0.3, -0.25) is 18.6 Å². The van der Waals surface area contributed by atoms with E-state index in [0.29, 0.717) is 12.8 Å². The lowest BCUT2D eigenvalue weighted by molar-refractivity contribution is -0.161. The van der Waals surface area contributed by atoms with Gasteiger partial charge in [-0.25, -0.2) is 4.57 Å². The first kappa shape index (κ1) is 49.5. The molecular weight excluding hydrogens is 671 g/mol. The molecule has 51 heavy (non-hydrogen) atoms. The smallest absolute Gasteiger partial charge is 0.462 e. The van der Waals surface area contributed by atoms with Crippen LogP contribution in [0.5, 0.6) is 0 Å². The largest absolute Gasteiger partial charge is 0.472 e. The predicted molar refractivity (Wildman–Crippen MR) is 205 cm³/mol. The molecule has 0 fully saturated rings. The molecule has 0 radical (unpaired) electrons. The second kappa shape index (κ2) is 36.8. The van der Waals surface area contributed by atoms with Gasteiger partial charge in [-0.05, 0) is 38.5 Å².